The van der Waals surface area contributed by atoms with Crippen molar-refractivity contribution in [3.63, 3.8) is 0 Å². The average molecular weight is 821 g/mol. The van der Waals surface area contributed by atoms with Gasteiger partial charge in [-0.1, -0.05) is 159 Å². The quantitative estimate of drug-likeness (QED) is 0.193. The van der Waals surface area contributed by atoms with Gasteiger partial charge in [-0.2, -0.15) is 0 Å². The lowest BCUT2D eigenvalue weighted by Crippen LogP contribution is -2.76. The molecule has 9 aliphatic carbocycles. The summed E-state index contributed by atoms with van der Waals surface area (Å²) in [4.78, 5) is 0. The van der Waals surface area contributed by atoms with Crippen LogP contribution in [0.25, 0.3) is 0 Å². The molecule has 0 aromatic carbocycles. The molecular formula is C60H100. The minimum atomic E-state index is 0.318. The molecule has 2 unspecified atom stereocenters. The molecule has 0 aromatic heterocycles. The van der Waals surface area contributed by atoms with Gasteiger partial charge < -0.3 is 0 Å². The summed E-state index contributed by atoms with van der Waals surface area (Å²) in [6.45, 7) is 37.2. The van der Waals surface area contributed by atoms with Gasteiger partial charge in [0.1, 0.15) is 0 Å². The summed E-state index contributed by atoms with van der Waals surface area (Å²) in [6.07, 6.45) is 38.7. The van der Waals surface area contributed by atoms with Crippen LogP contribution < -0.4 is 0 Å². The highest BCUT2D eigenvalue weighted by Gasteiger charge is 2.79. The Balaban J connectivity index is 0.955. The molecule has 7 saturated carbocycles. The minimum Gasteiger partial charge on any atom is -0.0771 e. The third kappa shape index (κ3) is 5.95. The van der Waals surface area contributed by atoms with E-state index in [4.69, 9.17) is 0 Å². The van der Waals surface area contributed by atoms with Gasteiger partial charge in [-0.15, -0.1) is 0 Å². The van der Waals surface area contributed by atoms with Crippen LogP contribution in [0.5, 0.6) is 0 Å². The maximum absolute atomic E-state index is 3.12. The van der Waals surface area contributed by atoms with Gasteiger partial charge in [-0.3, -0.25) is 0 Å². The first-order valence-corrected chi connectivity index (χ1v) is 27.6. The minimum absolute atomic E-state index is 0.318. The van der Waals surface area contributed by atoms with Gasteiger partial charge in [-0.05, 0) is 206 Å². The lowest BCUT2D eigenvalue weighted by Gasteiger charge is -2.82. The maximum atomic E-state index is 3.12. The van der Waals surface area contributed by atoms with Crippen LogP contribution in [0, 0.1) is 114 Å². The molecule has 0 saturated heterocycles. The molecule has 2 spiro atoms. The zero-order chi connectivity index (χ0) is 43.1. The van der Waals surface area contributed by atoms with Gasteiger partial charge in [0.05, 0.1) is 0 Å². The molecule has 0 aliphatic heterocycles. The Hall–Kier alpha value is -0.520. The Bertz CT molecular complexity index is 1550. The van der Waals surface area contributed by atoms with Crippen molar-refractivity contribution in [3.05, 3.63) is 23.3 Å². The summed E-state index contributed by atoms with van der Waals surface area (Å²) in [5.74, 6) is 11.2. The van der Waals surface area contributed by atoms with E-state index in [2.05, 4.69) is 109 Å². The summed E-state index contributed by atoms with van der Waals surface area (Å²) in [5.41, 5.74) is 7.24. The van der Waals surface area contributed by atoms with E-state index in [1.54, 1.807) is 0 Å². The second-order valence-electron chi connectivity index (χ2n) is 28.3. The summed E-state index contributed by atoms with van der Waals surface area (Å²) in [5, 5.41) is 0. The van der Waals surface area contributed by atoms with Crippen molar-refractivity contribution in [2.45, 2.75) is 238 Å². The average Bonchev–Trinajstić information content (AvgIpc) is 3.73. The first-order chi connectivity index (χ1) is 28.1. The highest BCUT2D eigenvalue weighted by molar-refractivity contribution is 5.45. The first-order valence-electron chi connectivity index (χ1n) is 27.6. The van der Waals surface area contributed by atoms with Gasteiger partial charge in [0.15, 0.2) is 0 Å². The third-order valence-corrected chi connectivity index (χ3v) is 25.4. The zero-order valence-electron chi connectivity index (χ0n) is 42.6. The van der Waals surface area contributed by atoms with Crippen LogP contribution in [-0.2, 0) is 0 Å². The van der Waals surface area contributed by atoms with Gasteiger partial charge in [0.25, 0.3) is 0 Å². The molecule has 0 radical (unpaired) electrons. The Morgan fingerprint density at radius 3 is 1.18 bits per heavy atom. The number of hydrogen-bond donors (Lipinski definition) is 0. The second-order valence-corrected chi connectivity index (χ2v) is 28.3. The van der Waals surface area contributed by atoms with Crippen LogP contribution in [0.3, 0.4) is 0 Å². The molecule has 9 rings (SSSR count). The molecule has 0 bridgehead atoms. The largest absolute Gasteiger partial charge is 0.0771 e. The van der Waals surface area contributed by atoms with E-state index in [0.29, 0.717) is 43.3 Å². The van der Waals surface area contributed by atoms with Crippen LogP contribution in [-0.4, -0.2) is 0 Å². The molecular weight excluding hydrogens is 721 g/mol. The van der Waals surface area contributed by atoms with Crippen molar-refractivity contribution in [1.82, 2.24) is 0 Å². The van der Waals surface area contributed by atoms with Gasteiger partial charge >= 0.3 is 0 Å². The summed E-state index contributed by atoms with van der Waals surface area (Å²) >= 11 is 0. The van der Waals surface area contributed by atoms with Crippen LogP contribution in [0.4, 0.5) is 0 Å². The standard InChI is InChI=1S/C60H100/c1-39(2)17-15-19-41(5)47-25-27-49-45-23-21-43-37-59(35-33-55(43,11)51(45)29-31-57(47,49)13)53(7,8)54(9,10)60(59)36-34-56(12)44(38-60)22-24-46-50-28-26-48(42(6)20-16-18-40(3)4)58(50,14)32-30-52(46)56/h37-42,45-52H,15-36H2,1-14H3/t41-,42-,45+,46+,47-,48-,49+,50+,51+,52+,55+,56+,57-,58-,59?,60?/m1/s1. The second kappa shape index (κ2) is 15.0. The third-order valence-electron chi connectivity index (χ3n) is 25.4. The first kappa shape index (κ1) is 44.7. The van der Waals surface area contributed by atoms with Crippen LogP contribution >= 0.6 is 0 Å². The predicted octanol–water partition coefficient (Wildman–Crippen LogP) is 18.1. The van der Waals surface area contributed by atoms with Gasteiger partial charge in [0.2, 0.25) is 0 Å². The van der Waals surface area contributed by atoms with E-state index in [9.17, 15) is 0 Å². The summed E-state index contributed by atoms with van der Waals surface area (Å²) < 4.78 is 0. The predicted molar refractivity (Wildman–Crippen MR) is 259 cm³/mol. The lowest BCUT2D eigenvalue weighted by molar-refractivity contribution is -0.287. The zero-order valence-corrected chi connectivity index (χ0v) is 42.6. The van der Waals surface area contributed by atoms with Crippen LogP contribution in [0.1, 0.15) is 238 Å². The van der Waals surface area contributed by atoms with Crippen molar-refractivity contribution >= 4 is 0 Å². The molecule has 340 valence electrons. The fourth-order valence-corrected chi connectivity index (χ4v) is 21.4. The van der Waals surface area contributed by atoms with Gasteiger partial charge in [-0.25, -0.2) is 0 Å². The van der Waals surface area contributed by atoms with Crippen molar-refractivity contribution in [2.75, 3.05) is 0 Å². The van der Waals surface area contributed by atoms with E-state index in [-0.39, 0.29) is 0 Å². The Morgan fingerprint density at radius 2 is 0.817 bits per heavy atom. The molecule has 16 atom stereocenters. The molecule has 60 heavy (non-hydrogen) atoms. The van der Waals surface area contributed by atoms with E-state index in [1.165, 1.54) is 141 Å². The normalized spacial score (nSPS) is 49.5. The van der Waals surface area contributed by atoms with Crippen LogP contribution in [0.15, 0.2) is 23.3 Å². The van der Waals surface area contributed by atoms with E-state index in [1.807, 2.05) is 11.1 Å². The smallest absolute Gasteiger partial charge is 0.00378 e. The topological polar surface area (TPSA) is 0 Å². The SMILES string of the molecule is CC(C)CCC[C@@H](C)[C@H]1CC[C@H]2[C@@H]3CCC4=CC5(CC[C@]4(C)[C@H]3CC[C@]12C)C(C)(C)C(C)(C)C51C=C2CC[C@H]3[C@@H]4CC[C@H]([C@H](C)CCCC(C)C)[C@@]4(C)CC[C@@H]3[C@@]2(C)CC1. The highest BCUT2D eigenvalue weighted by Crippen LogP contribution is 2.86. The van der Waals surface area contributed by atoms with Crippen LogP contribution in [0.2, 0.25) is 0 Å². The highest BCUT2D eigenvalue weighted by atomic mass is 14.8. The van der Waals surface area contributed by atoms with Crippen molar-refractivity contribution < 1.29 is 0 Å². The molecule has 0 N–H and O–H groups in total. The summed E-state index contributed by atoms with van der Waals surface area (Å²) in [6, 6.07) is 0. The molecule has 0 nitrogen and oxygen atoms in total. The molecule has 9 aliphatic rings. The van der Waals surface area contributed by atoms with Gasteiger partial charge in [0, 0.05) is 10.8 Å². The van der Waals surface area contributed by atoms with Crippen molar-refractivity contribution in [1.29, 1.82) is 0 Å². The number of rotatable bonds is 10. The molecule has 0 aromatic rings. The van der Waals surface area contributed by atoms with Crippen molar-refractivity contribution in [2.24, 2.45) is 114 Å². The lowest BCUT2D eigenvalue weighted by atomic mass is 9.22. The fraction of sp³-hybridized carbons (Fsp3) is 0.933. The Morgan fingerprint density at radius 1 is 0.433 bits per heavy atom. The Kier molecular flexibility index (Phi) is 11.2. The van der Waals surface area contributed by atoms with Crippen molar-refractivity contribution in [3.8, 4) is 0 Å². The molecule has 0 heterocycles. The number of fused-ring (bicyclic) bond motifs is 11. The van der Waals surface area contributed by atoms with E-state index < -0.39 is 0 Å². The summed E-state index contributed by atoms with van der Waals surface area (Å²) in [7, 11) is 0. The molecule has 0 heteroatoms. The Labute approximate surface area is 374 Å². The number of hydrogen-bond acceptors (Lipinski definition) is 0. The van der Waals surface area contributed by atoms with E-state index >= 15 is 0 Å². The molecule has 7 fully saturated rings. The maximum Gasteiger partial charge on any atom is 0.00378 e. The monoisotopic (exact) mass is 821 g/mol. The fourth-order valence-electron chi connectivity index (χ4n) is 21.4. The number of allylic oxidation sites excluding steroid dienone is 4. The molecule has 0 amide bonds. The van der Waals surface area contributed by atoms with E-state index in [0.717, 1.165) is 71.0 Å².